The smallest absolute Gasteiger partial charge is 0.184 e. The summed E-state index contributed by atoms with van der Waals surface area (Å²) < 4.78 is 4.58. The van der Waals surface area contributed by atoms with E-state index in [2.05, 4.69) is 4.74 Å². The molecule has 6 nitrogen and oxygen atoms in total. The molecule has 0 spiro atoms. The molecule has 12 heavy (non-hydrogen) atoms. The van der Waals surface area contributed by atoms with E-state index in [4.69, 9.17) is 25.5 Å². The third-order valence-corrected chi connectivity index (χ3v) is 1.84. The van der Waals surface area contributed by atoms with Gasteiger partial charge in [0.05, 0.1) is 6.61 Å². The first-order chi connectivity index (χ1) is 5.57. The van der Waals surface area contributed by atoms with Crippen LogP contribution in [0.5, 0.6) is 0 Å². The zero-order chi connectivity index (χ0) is 9.30. The summed E-state index contributed by atoms with van der Waals surface area (Å²) in [6.45, 7) is -0.596. The van der Waals surface area contributed by atoms with E-state index in [1.54, 1.807) is 0 Å². The van der Waals surface area contributed by atoms with Gasteiger partial charge in [-0.3, -0.25) is 0 Å². The molecule has 1 aliphatic heterocycles. The van der Waals surface area contributed by atoms with Crippen LogP contribution in [0.25, 0.3) is 0 Å². The van der Waals surface area contributed by atoms with Crippen molar-refractivity contribution >= 4 is 0 Å². The monoisotopic (exact) mass is 180 g/mol. The summed E-state index contributed by atoms with van der Waals surface area (Å²) >= 11 is 0. The molecular weight excluding hydrogens is 168 g/mol. The van der Waals surface area contributed by atoms with E-state index in [9.17, 15) is 0 Å². The van der Waals surface area contributed by atoms with Crippen molar-refractivity contribution in [3.8, 4) is 0 Å². The third-order valence-electron chi connectivity index (χ3n) is 1.84. The Morgan fingerprint density at radius 1 is 1.17 bits per heavy atom. The highest BCUT2D eigenvalue weighted by atomic mass is 16.6. The molecule has 1 aliphatic rings. The van der Waals surface area contributed by atoms with Gasteiger partial charge in [-0.2, -0.15) is 0 Å². The number of ether oxygens (including phenoxy) is 1. The van der Waals surface area contributed by atoms with Gasteiger partial charge in [0.2, 0.25) is 0 Å². The topological polar surface area (TPSA) is 110 Å². The number of hydrogen-bond donors (Lipinski definition) is 5. The molecular formula is C6H12O6. The maximum Gasteiger partial charge on any atom is 0.184 e. The maximum atomic E-state index is 9.12. The molecule has 6 heteroatoms. The summed E-state index contributed by atoms with van der Waals surface area (Å²) in [5, 5.41) is 44.4. The zero-order valence-electron chi connectivity index (χ0n) is 6.24. The Labute approximate surface area is 68.6 Å². The highest BCUT2D eigenvalue weighted by molar-refractivity contribution is 4.89. The lowest BCUT2D eigenvalue weighted by atomic mass is 10.1. The summed E-state index contributed by atoms with van der Waals surface area (Å²) in [5.74, 6) is 0. The molecule has 5 N–H and O–H groups in total. The number of hydrogen-bond acceptors (Lipinski definition) is 6. The second-order valence-corrected chi connectivity index (χ2v) is 2.72. The van der Waals surface area contributed by atoms with Gasteiger partial charge >= 0.3 is 0 Å². The van der Waals surface area contributed by atoms with Crippen molar-refractivity contribution < 1.29 is 30.3 Å². The quantitative estimate of drug-likeness (QED) is 0.306. The van der Waals surface area contributed by atoms with Gasteiger partial charge in [-0.05, 0) is 0 Å². The lowest BCUT2D eigenvalue weighted by Gasteiger charge is -2.18. The highest BCUT2D eigenvalue weighted by Crippen LogP contribution is 2.21. The van der Waals surface area contributed by atoms with Crippen molar-refractivity contribution in [1.82, 2.24) is 0 Å². The molecule has 5 atom stereocenters. The largest absolute Gasteiger partial charge is 0.394 e. The first kappa shape index (κ1) is 9.85. The zero-order valence-corrected chi connectivity index (χ0v) is 6.24. The molecule has 1 fully saturated rings. The number of aliphatic hydroxyl groups excluding tert-OH is 5. The Morgan fingerprint density at radius 3 is 2.08 bits per heavy atom. The van der Waals surface area contributed by atoms with E-state index in [1.807, 2.05) is 0 Å². The van der Waals surface area contributed by atoms with Gasteiger partial charge in [-0.25, -0.2) is 0 Å². The molecule has 1 heterocycles. The normalized spacial score (nSPS) is 44.8. The van der Waals surface area contributed by atoms with Crippen LogP contribution in [0, 0.1) is 0 Å². The molecule has 0 aromatic heterocycles. The van der Waals surface area contributed by atoms with Crippen molar-refractivity contribution in [2.45, 2.75) is 30.7 Å². The van der Waals surface area contributed by atoms with Crippen molar-refractivity contribution in [3.05, 3.63) is 0 Å². The fraction of sp³-hybridized carbons (Fsp3) is 1.00. The fourth-order valence-electron chi connectivity index (χ4n) is 1.11. The van der Waals surface area contributed by atoms with Crippen LogP contribution in [0.15, 0.2) is 0 Å². The average molecular weight is 180 g/mol. The molecule has 0 saturated carbocycles. The molecule has 0 amide bonds. The van der Waals surface area contributed by atoms with Gasteiger partial charge in [-0.1, -0.05) is 0 Å². The second kappa shape index (κ2) is 3.65. The van der Waals surface area contributed by atoms with E-state index in [0.29, 0.717) is 0 Å². The van der Waals surface area contributed by atoms with Crippen molar-refractivity contribution in [2.24, 2.45) is 0 Å². The Hall–Kier alpha value is -0.240. The summed E-state index contributed by atoms with van der Waals surface area (Å²) in [6.07, 6.45) is -6.75. The van der Waals surface area contributed by atoms with E-state index in [-0.39, 0.29) is 0 Å². The Bertz CT molecular complexity index is 151. The van der Waals surface area contributed by atoms with Crippen LogP contribution in [-0.2, 0) is 4.74 Å². The van der Waals surface area contributed by atoms with E-state index >= 15 is 0 Å². The van der Waals surface area contributed by atoms with Gasteiger partial charge in [0.1, 0.15) is 24.4 Å². The molecule has 1 rings (SSSR count). The predicted octanol–water partition coefficient (Wildman–Crippen LogP) is -3.22. The third kappa shape index (κ3) is 1.58. The summed E-state index contributed by atoms with van der Waals surface area (Å²) in [4.78, 5) is 0. The Kier molecular flexibility index (Phi) is 2.99. The lowest BCUT2D eigenvalue weighted by molar-refractivity contribution is -0.150. The number of aliphatic hydroxyl groups is 5. The Morgan fingerprint density at radius 2 is 1.75 bits per heavy atom. The van der Waals surface area contributed by atoms with Crippen molar-refractivity contribution in [1.29, 1.82) is 0 Å². The predicted molar refractivity (Wildman–Crippen MR) is 36.0 cm³/mol. The van der Waals surface area contributed by atoms with Crippen molar-refractivity contribution in [3.63, 3.8) is 0 Å². The molecule has 0 bridgehead atoms. The molecule has 0 aromatic carbocycles. The van der Waals surface area contributed by atoms with Crippen LogP contribution in [0.2, 0.25) is 0 Å². The van der Waals surface area contributed by atoms with Crippen LogP contribution in [0.1, 0.15) is 0 Å². The number of rotatable bonds is 2. The van der Waals surface area contributed by atoms with Crippen LogP contribution in [0.4, 0.5) is 0 Å². The minimum atomic E-state index is -1.51. The van der Waals surface area contributed by atoms with E-state index < -0.39 is 37.3 Å². The first-order valence-electron chi connectivity index (χ1n) is 3.56. The maximum absolute atomic E-state index is 9.12. The molecule has 0 radical (unpaired) electrons. The van der Waals surface area contributed by atoms with E-state index in [0.717, 1.165) is 0 Å². The standard InChI is InChI=1S/C6H12O6/c7-1-2(8)5-3(9)4(10)6(11)12-5/h2-11H,1H2/t2-,3-,4+,5+,6?/m1/s1. The van der Waals surface area contributed by atoms with Gasteiger partial charge in [-0.15, -0.1) is 0 Å². The summed E-state index contributed by atoms with van der Waals surface area (Å²) in [5.41, 5.74) is 0. The lowest BCUT2D eigenvalue weighted by Crippen LogP contribution is -2.40. The van der Waals surface area contributed by atoms with Crippen LogP contribution in [-0.4, -0.2) is 62.8 Å². The minimum Gasteiger partial charge on any atom is -0.394 e. The molecule has 72 valence electrons. The summed E-state index contributed by atoms with van der Waals surface area (Å²) in [7, 11) is 0. The molecule has 1 unspecified atom stereocenters. The summed E-state index contributed by atoms with van der Waals surface area (Å²) in [6, 6.07) is 0. The fourth-order valence-corrected chi connectivity index (χ4v) is 1.11. The first-order valence-corrected chi connectivity index (χ1v) is 3.56. The van der Waals surface area contributed by atoms with Gasteiger partial charge < -0.3 is 30.3 Å². The molecule has 0 aromatic rings. The van der Waals surface area contributed by atoms with Gasteiger partial charge in [0, 0.05) is 0 Å². The molecule has 0 aliphatic carbocycles. The SMILES string of the molecule is OC[C@@H](O)[C@@H]1OC(O)[C@@H](O)[C@H]1O. The van der Waals surface area contributed by atoms with Crippen LogP contribution in [0.3, 0.4) is 0 Å². The molecule has 1 saturated heterocycles. The van der Waals surface area contributed by atoms with Crippen LogP contribution < -0.4 is 0 Å². The van der Waals surface area contributed by atoms with Crippen LogP contribution >= 0.6 is 0 Å². The van der Waals surface area contributed by atoms with Crippen molar-refractivity contribution in [2.75, 3.05) is 6.61 Å². The Balaban J connectivity index is 2.58. The second-order valence-electron chi connectivity index (χ2n) is 2.72. The van der Waals surface area contributed by atoms with Gasteiger partial charge in [0.15, 0.2) is 6.29 Å². The highest BCUT2D eigenvalue weighted by Gasteiger charge is 2.44. The van der Waals surface area contributed by atoms with E-state index in [1.165, 1.54) is 0 Å². The van der Waals surface area contributed by atoms with Gasteiger partial charge in [0.25, 0.3) is 0 Å². The minimum absolute atomic E-state index is 0.596. The average Bonchev–Trinajstić information content (AvgIpc) is 2.32.